The summed E-state index contributed by atoms with van der Waals surface area (Å²) in [4.78, 5) is 31.8. The van der Waals surface area contributed by atoms with Crippen molar-refractivity contribution in [3.05, 3.63) is 62.3 Å². The third-order valence-electron chi connectivity index (χ3n) is 5.97. The summed E-state index contributed by atoms with van der Waals surface area (Å²) in [6.45, 7) is 6.13. The number of ether oxygens (including phenoxy) is 1. The van der Waals surface area contributed by atoms with Gasteiger partial charge in [0.05, 0.1) is 5.39 Å². The Morgan fingerprint density at radius 2 is 1.94 bits per heavy atom. The van der Waals surface area contributed by atoms with Crippen LogP contribution < -0.4 is 5.56 Å². The summed E-state index contributed by atoms with van der Waals surface area (Å²) in [5.41, 5.74) is 2.46. The van der Waals surface area contributed by atoms with Gasteiger partial charge in [-0.2, -0.15) is 0 Å². The number of thiophene rings is 1. The van der Waals surface area contributed by atoms with Gasteiger partial charge in [-0.25, -0.2) is 9.78 Å². The summed E-state index contributed by atoms with van der Waals surface area (Å²) < 4.78 is 13.1. The Kier molecular flexibility index (Phi) is 5.57. The van der Waals surface area contributed by atoms with E-state index in [-0.39, 0.29) is 11.4 Å². The van der Waals surface area contributed by atoms with Crippen molar-refractivity contribution < 1.29 is 13.9 Å². The van der Waals surface area contributed by atoms with E-state index in [0.717, 1.165) is 42.6 Å². The molecule has 0 aliphatic carbocycles. The van der Waals surface area contributed by atoms with E-state index >= 15 is 0 Å². The number of hydrogen-bond donors (Lipinski definition) is 0. The molecule has 4 heterocycles. The number of carbonyl (C=O) groups is 1. The van der Waals surface area contributed by atoms with Crippen LogP contribution in [0.15, 0.2) is 33.5 Å². The molecule has 4 aromatic rings. The Balaban J connectivity index is 1.40. The van der Waals surface area contributed by atoms with Gasteiger partial charge in [0.15, 0.2) is 6.10 Å². The number of aromatic nitrogens is 4. The lowest BCUT2D eigenvalue weighted by atomic mass is 10.1. The number of hydrogen-bond acceptors (Lipinski definition) is 8. The number of rotatable bonds is 4. The van der Waals surface area contributed by atoms with Gasteiger partial charge in [0.2, 0.25) is 5.89 Å². The molecule has 0 spiro atoms. The molecule has 0 radical (unpaired) electrons. The number of benzene rings is 1. The standard InChI is InChI=1S/C24H24N4O4S/c1-13-8-10-16(11-9-13)21-27-26-20(32-21)15(3)31-24(30)19-14(2)18-22(33-19)25-17-7-5-4-6-12-28(17)23(18)29/h8-11,15H,4-7,12H2,1-3H3. The zero-order chi connectivity index (χ0) is 23.1. The second kappa shape index (κ2) is 8.55. The van der Waals surface area contributed by atoms with Gasteiger partial charge in [0, 0.05) is 18.5 Å². The van der Waals surface area contributed by atoms with Crippen LogP contribution in [0.2, 0.25) is 0 Å². The molecule has 1 aliphatic rings. The van der Waals surface area contributed by atoms with Gasteiger partial charge in [0.25, 0.3) is 11.4 Å². The molecular weight excluding hydrogens is 440 g/mol. The van der Waals surface area contributed by atoms with Crippen LogP contribution in [0.1, 0.15) is 64.8 Å². The van der Waals surface area contributed by atoms with Crippen molar-refractivity contribution in [3.63, 3.8) is 0 Å². The fourth-order valence-electron chi connectivity index (χ4n) is 4.08. The Labute approximate surface area is 194 Å². The fraction of sp³-hybridized carbons (Fsp3) is 0.375. The minimum atomic E-state index is -0.736. The van der Waals surface area contributed by atoms with Crippen LogP contribution >= 0.6 is 11.3 Å². The lowest BCUT2D eigenvalue weighted by Gasteiger charge is -2.09. The molecule has 1 aliphatic heterocycles. The molecule has 5 rings (SSSR count). The van der Waals surface area contributed by atoms with E-state index in [2.05, 4.69) is 10.2 Å². The molecule has 0 N–H and O–H groups in total. The first-order valence-electron chi connectivity index (χ1n) is 11.1. The number of carbonyl (C=O) groups excluding carboxylic acids is 1. The number of aryl methyl sites for hydroxylation is 3. The second-order valence-electron chi connectivity index (χ2n) is 8.39. The summed E-state index contributed by atoms with van der Waals surface area (Å²) in [6, 6.07) is 7.72. The van der Waals surface area contributed by atoms with E-state index in [1.54, 1.807) is 18.4 Å². The molecule has 8 nitrogen and oxygen atoms in total. The highest BCUT2D eigenvalue weighted by Crippen LogP contribution is 2.31. The van der Waals surface area contributed by atoms with Crippen LogP contribution in [-0.4, -0.2) is 25.7 Å². The first-order valence-corrected chi connectivity index (χ1v) is 11.9. The minimum absolute atomic E-state index is 0.0719. The molecule has 0 amide bonds. The Hall–Kier alpha value is -3.33. The SMILES string of the molecule is Cc1ccc(-c2nnc(C(C)OC(=O)c3sc4nc5n(c(=O)c4c3C)CCCCC5)o2)cc1. The van der Waals surface area contributed by atoms with Crippen LogP contribution in [0.5, 0.6) is 0 Å². The zero-order valence-electron chi connectivity index (χ0n) is 18.8. The van der Waals surface area contributed by atoms with Crippen LogP contribution in [0, 0.1) is 13.8 Å². The summed E-state index contributed by atoms with van der Waals surface area (Å²) >= 11 is 1.20. The summed E-state index contributed by atoms with van der Waals surface area (Å²) in [7, 11) is 0. The quantitative estimate of drug-likeness (QED) is 0.401. The highest BCUT2D eigenvalue weighted by atomic mass is 32.1. The van der Waals surface area contributed by atoms with E-state index in [1.807, 2.05) is 31.2 Å². The molecule has 3 aromatic heterocycles. The third kappa shape index (κ3) is 3.97. The van der Waals surface area contributed by atoms with Gasteiger partial charge in [-0.05, 0) is 51.3 Å². The van der Waals surface area contributed by atoms with Crippen LogP contribution in [0.4, 0.5) is 0 Å². The first-order chi connectivity index (χ1) is 15.9. The van der Waals surface area contributed by atoms with Gasteiger partial charge in [0.1, 0.15) is 15.5 Å². The maximum absolute atomic E-state index is 13.1. The van der Waals surface area contributed by atoms with Crippen molar-refractivity contribution in [2.24, 2.45) is 0 Å². The zero-order valence-corrected chi connectivity index (χ0v) is 19.6. The Morgan fingerprint density at radius 3 is 2.73 bits per heavy atom. The van der Waals surface area contributed by atoms with Gasteiger partial charge in [-0.3, -0.25) is 9.36 Å². The highest BCUT2D eigenvalue weighted by Gasteiger charge is 2.26. The molecule has 0 saturated carbocycles. The summed E-state index contributed by atoms with van der Waals surface area (Å²) in [5, 5.41) is 8.62. The number of fused-ring (bicyclic) bond motifs is 2. The summed E-state index contributed by atoms with van der Waals surface area (Å²) in [5.74, 6) is 0.846. The minimum Gasteiger partial charge on any atom is -0.448 e. The van der Waals surface area contributed by atoms with Crippen molar-refractivity contribution in [1.82, 2.24) is 19.7 Å². The number of nitrogens with zero attached hydrogens (tertiary/aromatic N) is 4. The predicted molar refractivity (Wildman–Crippen MR) is 124 cm³/mol. The number of esters is 1. The van der Waals surface area contributed by atoms with Gasteiger partial charge >= 0.3 is 5.97 Å². The Morgan fingerprint density at radius 1 is 1.15 bits per heavy atom. The molecule has 9 heteroatoms. The normalized spacial score (nSPS) is 14.6. The van der Waals surface area contributed by atoms with E-state index in [0.29, 0.717) is 33.1 Å². The average molecular weight is 465 g/mol. The third-order valence-corrected chi connectivity index (χ3v) is 7.13. The summed E-state index contributed by atoms with van der Waals surface area (Å²) in [6.07, 6.45) is 3.11. The van der Waals surface area contributed by atoms with Crippen molar-refractivity contribution >= 4 is 27.5 Å². The largest absolute Gasteiger partial charge is 0.448 e. The molecule has 1 atom stereocenters. The fourth-order valence-corrected chi connectivity index (χ4v) is 5.15. The maximum Gasteiger partial charge on any atom is 0.349 e. The topological polar surface area (TPSA) is 100 Å². The van der Waals surface area contributed by atoms with Crippen molar-refractivity contribution in [2.75, 3.05) is 0 Å². The van der Waals surface area contributed by atoms with Gasteiger partial charge in [-0.1, -0.05) is 24.1 Å². The molecule has 0 fully saturated rings. The molecule has 1 unspecified atom stereocenters. The second-order valence-corrected chi connectivity index (χ2v) is 9.39. The van der Waals surface area contributed by atoms with Crippen LogP contribution in [-0.2, 0) is 17.7 Å². The Bertz CT molecular complexity index is 1400. The molecule has 0 saturated heterocycles. The molecular formula is C24H24N4O4S. The van der Waals surface area contributed by atoms with E-state index in [1.165, 1.54) is 11.3 Å². The van der Waals surface area contributed by atoms with Gasteiger partial charge in [-0.15, -0.1) is 21.5 Å². The van der Waals surface area contributed by atoms with Crippen LogP contribution in [0.25, 0.3) is 21.7 Å². The molecule has 33 heavy (non-hydrogen) atoms. The van der Waals surface area contributed by atoms with Crippen molar-refractivity contribution in [1.29, 1.82) is 0 Å². The first kappa shape index (κ1) is 21.5. The van der Waals surface area contributed by atoms with Crippen molar-refractivity contribution in [2.45, 2.75) is 59.1 Å². The highest BCUT2D eigenvalue weighted by molar-refractivity contribution is 7.20. The van der Waals surface area contributed by atoms with Gasteiger partial charge < -0.3 is 9.15 Å². The molecule has 0 bridgehead atoms. The molecule has 1 aromatic carbocycles. The van der Waals surface area contributed by atoms with E-state index in [9.17, 15) is 9.59 Å². The maximum atomic E-state index is 13.1. The van der Waals surface area contributed by atoms with Crippen LogP contribution in [0.3, 0.4) is 0 Å². The average Bonchev–Trinajstić information content (AvgIpc) is 3.33. The lowest BCUT2D eigenvalue weighted by molar-refractivity contribution is 0.0285. The smallest absolute Gasteiger partial charge is 0.349 e. The lowest BCUT2D eigenvalue weighted by Crippen LogP contribution is -2.24. The molecule has 170 valence electrons. The van der Waals surface area contributed by atoms with E-state index in [4.69, 9.17) is 14.1 Å². The monoisotopic (exact) mass is 464 g/mol. The van der Waals surface area contributed by atoms with Crippen molar-refractivity contribution in [3.8, 4) is 11.5 Å². The predicted octanol–water partition coefficient (Wildman–Crippen LogP) is 4.77. The van der Waals surface area contributed by atoms with E-state index < -0.39 is 12.1 Å².